The molecule has 2 rings (SSSR count). The molecule has 90 valence electrons. The summed E-state index contributed by atoms with van der Waals surface area (Å²) in [6, 6.07) is 0. The first-order valence-corrected chi connectivity index (χ1v) is 7.38. The number of hydrogen-bond donors (Lipinski definition) is 0. The lowest BCUT2D eigenvalue weighted by Crippen LogP contribution is -3.00. The first kappa shape index (κ1) is 14.0. The van der Waals surface area contributed by atoms with Crippen LogP contribution in [0.2, 0.25) is 0 Å². The third-order valence-electron chi connectivity index (χ3n) is 4.31. The average Bonchev–Trinajstić information content (AvgIpc) is 2.24. The number of piperidine rings is 2. The monoisotopic (exact) mass is 339 g/mol. The van der Waals surface area contributed by atoms with E-state index in [0.29, 0.717) is 0 Å². The summed E-state index contributed by atoms with van der Waals surface area (Å²) in [6.07, 6.45) is 8.86. The van der Waals surface area contributed by atoms with Crippen molar-refractivity contribution in [2.45, 2.75) is 38.5 Å². The number of alkyl halides is 1. The zero-order valence-electron chi connectivity index (χ0n) is 9.56. The zero-order chi connectivity index (χ0) is 9.86. The van der Waals surface area contributed by atoms with E-state index in [4.69, 9.17) is 0 Å². The van der Waals surface area contributed by atoms with Crippen LogP contribution in [0.25, 0.3) is 0 Å². The van der Waals surface area contributed by atoms with Crippen LogP contribution in [0.1, 0.15) is 38.5 Å². The van der Waals surface area contributed by atoms with Crippen molar-refractivity contribution in [3.63, 3.8) is 0 Å². The summed E-state index contributed by atoms with van der Waals surface area (Å²) in [5, 5.41) is 1.21. The highest BCUT2D eigenvalue weighted by atomic mass is 79.9. The Balaban J connectivity index is 0.00000112. The minimum absolute atomic E-state index is 0. The summed E-state index contributed by atoms with van der Waals surface area (Å²) in [7, 11) is 0. The van der Waals surface area contributed by atoms with E-state index >= 15 is 0 Å². The SMILES string of the molecule is BrCCC1CC[N+]2(CCCCC2)CC1.[Br-]. The van der Waals surface area contributed by atoms with Gasteiger partial charge in [-0.2, -0.15) is 0 Å². The maximum absolute atomic E-state index is 3.57. The largest absolute Gasteiger partial charge is 1.00 e. The zero-order valence-corrected chi connectivity index (χ0v) is 12.7. The summed E-state index contributed by atoms with van der Waals surface area (Å²) in [5.74, 6) is 1.03. The van der Waals surface area contributed by atoms with Crippen LogP contribution in [0, 0.1) is 5.92 Å². The van der Waals surface area contributed by atoms with Crippen LogP contribution in [0.5, 0.6) is 0 Å². The number of rotatable bonds is 2. The molecule has 1 nitrogen and oxygen atoms in total. The van der Waals surface area contributed by atoms with E-state index in [1.54, 1.807) is 0 Å². The Bertz CT molecular complexity index is 168. The van der Waals surface area contributed by atoms with Gasteiger partial charge in [0.05, 0.1) is 26.2 Å². The summed E-state index contributed by atoms with van der Waals surface area (Å²) in [6.45, 7) is 5.94. The van der Waals surface area contributed by atoms with E-state index in [-0.39, 0.29) is 17.0 Å². The molecule has 0 aromatic heterocycles. The Labute approximate surface area is 113 Å². The van der Waals surface area contributed by atoms with Crippen molar-refractivity contribution in [1.29, 1.82) is 0 Å². The van der Waals surface area contributed by atoms with Gasteiger partial charge in [0.25, 0.3) is 0 Å². The maximum atomic E-state index is 3.57. The van der Waals surface area contributed by atoms with Gasteiger partial charge in [-0.25, -0.2) is 0 Å². The lowest BCUT2D eigenvalue weighted by Gasteiger charge is -2.46. The van der Waals surface area contributed by atoms with Gasteiger partial charge in [0, 0.05) is 5.33 Å². The Hall–Kier alpha value is 0.920. The Morgan fingerprint density at radius 1 is 0.933 bits per heavy atom. The molecule has 15 heavy (non-hydrogen) atoms. The highest BCUT2D eigenvalue weighted by Gasteiger charge is 2.34. The van der Waals surface area contributed by atoms with Crippen molar-refractivity contribution in [2.75, 3.05) is 31.5 Å². The standard InChI is InChI=1S/C12H23BrN.BrH/c13-7-4-12-5-10-14(11-6-12)8-2-1-3-9-14;/h12H,1-11H2;1H/q+1;/p-1. The molecule has 3 heteroatoms. The van der Waals surface area contributed by atoms with E-state index in [0.717, 1.165) is 5.92 Å². The maximum Gasteiger partial charge on any atom is 0.0789 e. The number of quaternary nitrogens is 1. The van der Waals surface area contributed by atoms with Crippen molar-refractivity contribution < 1.29 is 21.5 Å². The molecule has 0 bridgehead atoms. The van der Waals surface area contributed by atoms with Gasteiger partial charge in [0.15, 0.2) is 0 Å². The smallest absolute Gasteiger partial charge is 0.0789 e. The third kappa shape index (κ3) is 3.71. The highest BCUT2D eigenvalue weighted by Crippen LogP contribution is 2.29. The van der Waals surface area contributed by atoms with Crippen molar-refractivity contribution in [2.24, 2.45) is 5.92 Å². The first-order valence-electron chi connectivity index (χ1n) is 6.26. The summed E-state index contributed by atoms with van der Waals surface area (Å²) < 4.78 is 1.48. The van der Waals surface area contributed by atoms with E-state index < -0.39 is 0 Å². The predicted octanol–water partition coefficient (Wildman–Crippen LogP) is 0.186. The van der Waals surface area contributed by atoms with Gasteiger partial charge in [-0.15, -0.1) is 0 Å². The van der Waals surface area contributed by atoms with Gasteiger partial charge in [0.2, 0.25) is 0 Å². The molecule has 0 aromatic carbocycles. The van der Waals surface area contributed by atoms with Gasteiger partial charge in [-0.05, 0) is 44.4 Å². The minimum atomic E-state index is 0. The first-order chi connectivity index (χ1) is 6.85. The molecule has 2 fully saturated rings. The second-order valence-electron chi connectivity index (χ2n) is 5.22. The molecule has 2 heterocycles. The number of nitrogens with zero attached hydrogens (tertiary/aromatic N) is 1. The van der Waals surface area contributed by atoms with Crippen molar-refractivity contribution in [1.82, 2.24) is 0 Å². The van der Waals surface area contributed by atoms with Crippen LogP contribution in [-0.2, 0) is 0 Å². The molecule has 0 atom stereocenters. The normalized spacial score (nSPS) is 26.2. The second kappa shape index (κ2) is 6.61. The molecule has 0 unspecified atom stereocenters. The molecule has 0 aromatic rings. The van der Waals surface area contributed by atoms with Crippen LogP contribution in [0.15, 0.2) is 0 Å². The fraction of sp³-hybridized carbons (Fsp3) is 1.00. The minimum Gasteiger partial charge on any atom is -1.00 e. The Morgan fingerprint density at radius 2 is 1.53 bits per heavy atom. The average molecular weight is 341 g/mol. The van der Waals surface area contributed by atoms with Crippen LogP contribution in [0.4, 0.5) is 0 Å². The summed E-state index contributed by atoms with van der Waals surface area (Å²) >= 11 is 3.57. The van der Waals surface area contributed by atoms with Crippen LogP contribution in [-0.4, -0.2) is 36.0 Å². The third-order valence-corrected chi connectivity index (χ3v) is 4.76. The number of hydrogen-bond acceptors (Lipinski definition) is 0. The molecular weight excluding hydrogens is 318 g/mol. The summed E-state index contributed by atoms with van der Waals surface area (Å²) in [4.78, 5) is 0. The Morgan fingerprint density at radius 3 is 2.07 bits per heavy atom. The van der Waals surface area contributed by atoms with Crippen molar-refractivity contribution >= 4 is 15.9 Å². The lowest BCUT2D eigenvalue weighted by molar-refractivity contribution is -0.937. The van der Waals surface area contributed by atoms with E-state index in [2.05, 4.69) is 15.9 Å². The molecule has 1 spiro atoms. The molecule has 2 aliphatic heterocycles. The number of halogens is 2. The molecule has 2 aliphatic rings. The Kier molecular flexibility index (Phi) is 6.16. The summed E-state index contributed by atoms with van der Waals surface area (Å²) in [5.41, 5.74) is 0. The second-order valence-corrected chi connectivity index (χ2v) is 6.01. The molecule has 2 saturated heterocycles. The molecule has 0 amide bonds. The van der Waals surface area contributed by atoms with E-state index in [9.17, 15) is 0 Å². The van der Waals surface area contributed by atoms with Crippen molar-refractivity contribution in [3.8, 4) is 0 Å². The van der Waals surface area contributed by atoms with Crippen LogP contribution >= 0.6 is 15.9 Å². The van der Waals surface area contributed by atoms with Gasteiger partial charge in [-0.3, -0.25) is 0 Å². The molecule has 0 N–H and O–H groups in total. The van der Waals surface area contributed by atoms with Crippen molar-refractivity contribution in [3.05, 3.63) is 0 Å². The van der Waals surface area contributed by atoms with Crippen LogP contribution in [0.3, 0.4) is 0 Å². The topological polar surface area (TPSA) is 0 Å². The van der Waals surface area contributed by atoms with Gasteiger partial charge in [0.1, 0.15) is 0 Å². The van der Waals surface area contributed by atoms with E-state index in [1.807, 2.05) is 0 Å². The van der Waals surface area contributed by atoms with E-state index in [1.165, 1.54) is 74.5 Å². The fourth-order valence-corrected chi connectivity index (χ4v) is 3.89. The molecule has 0 radical (unpaired) electrons. The quantitative estimate of drug-likeness (QED) is 0.497. The molecule has 0 aliphatic carbocycles. The van der Waals surface area contributed by atoms with Gasteiger partial charge in [-0.1, -0.05) is 15.9 Å². The predicted molar refractivity (Wildman–Crippen MR) is 64.7 cm³/mol. The highest BCUT2D eigenvalue weighted by molar-refractivity contribution is 9.09. The lowest BCUT2D eigenvalue weighted by atomic mass is 9.91. The fourth-order valence-electron chi connectivity index (χ4n) is 3.24. The molecule has 0 saturated carbocycles. The molecular formula is C12H23Br2N. The van der Waals surface area contributed by atoms with Gasteiger partial charge < -0.3 is 21.5 Å². The van der Waals surface area contributed by atoms with Gasteiger partial charge >= 0.3 is 0 Å². The van der Waals surface area contributed by atoms with Crippen LogP contribution < -0.4 is 17.0 Å².